The second kappa shape index (κ2) is 5.52. The number of thiophene rings is 1. The van der Waals surface area contributed by atoms with E-state index >= 15 is 0 Å². The van der Waals surface area contributed by atoms with Crippen LogP contribution in [0.25, 0.3) is 0 Å². The number of hydrogen-bond acceptors (Lipinski definition) is 4. The molecule has 0 saturated carbocycles. The van der Waals surface area contributed by atoms with Crippen molar-refractivity contribution >= 4 is 21.4 Å². The third-order valence-corrected chi connectivity index (χ3v) is 7.45. The summed E-state index contributed by atoms with van der Waals surface area (Å²) in [6.07, 6.45) is 1.98. The topological polar surface area (TPSA) is 57.6 Å². The Bertz CT molecular complexity index is 550. The van der Waals surface area contributed by atoms with E-state index in [1.807, 2.05) is 6.92 Å². The first-order valence-corrected chi connectivity index (χ1v) is 8.91. The fourth-order valence-electron chi connectivity index (χ4n) is 2.70. The van der Waals surface area contributed by atoms with Gasteiger partial charge in [0.15, 0.2) is 0 Å². The van der Waals surface area contributed by atoms with Crippen LogP contribution in [0.3, 0.4) is 0 Å². The second-order valence-electron chi connectivity index (χ2n) is 5.31. The molecule has 1 aromatic rings. The summed E-state index contributed by atoms with van der Waals surface area (Å²) in [5, 5.41) is 11.1. The van der Waals surface area contributed by atoms with E-state index in [1.54, 1.807) is 16.6 Å². The van der Waals surface area contributed by atoms with Crippen LogP contribution in [0.1, 0.15) is 37.1 Å². The summed E-state index contributed by atoms with van der Waals surface area (Å²) in [6, 6.07) is 0.0181. The summed E-state index contributed by atoms with van der Waals surface area (Å²) in [4.78, 5) is 0.865. The number of rotatable bonds is 3. The third-order valence-electron chi connectivity index (χ3n) is 4.02. The molecule has 1 aliphatic rings. The SMILES string of the molecule is Cc1csc(CO)c1S(=O)(=O)N1CCCC(C)C1C. The van der Waals surface area contributed by atoms with Gasteiger partial charge in [0, 0.05) is 12.6 Å². The van der Waals surface area contributed by atoms with E-state index in [1.165, 1.54) is 11.3 Å². The van der Waals surface area contributed by atoms with Crippen LogP contribution in [0.4, 0.5) is 0 Å². The number of aliphatic hydroxyl groups is 1. The van der Waals surface area contributed by atoms with Crippen LogP contribution in [-0.4, -0.2) is 30.4 Å². The molecule has 0 bridgehead atoms. The van der Waals surface area contributed by atoms with Crippen LogP contribution >= 0.6 is 11.3 Å². The van der Waals surface area contributed by atoms with Gasteiger partial charge in [0.2, 0.25) is 10.0 Å². The molecule has 0 amide bonds. The Balaban J connectivity index is 2.44. The first kappa shape index (κ1) is 15.0. The molecule has 0 aliphatic carbocycles. The van der Waals surface area contributed by atoms with E-state index in [2.05, 4.69) is 6.92 Å². The number of sulfonamides is 1. The number of piperidine rings is 1. The van der Waals surface area contributed by atoms with Crippen molar-refractivity contribution < 1.29 is 13.5 Å². The van der Waals surface area contributed by atoms with Gasteiger partial charge in [-0.3, -0.25) is 0 Å². The standard InChI is InChI=1S/C13H21NO3S2/c1-9-5-4-6-14(11(9)3)19(16,17)13-10(2)8-18-12(13)7-15/h8-9,11,15H,4-7H2,1-3H3. The van der Waals surface area contributed by atoms with Crippen LogP contribution in [0, 0.1) is 12.8 Å². The van der Waals surface area contributed by atoms with Crippen molar-refractivity contribution in [2.45, 2.75) is 51.2 Å². The van der Waals surface area contributed by atoms with Crippen molar-refractivity contribution in [3.05, 3.63) is 15.8 Å². The van der Waals surface area contributed by atoms with Crippen molar-refractivity contribution in [2.24, 2.45) is 5.92 Å². The molecule has 1 saturated heterocycles. The Labute approximate surface area is 119 Å². The van der Waals surface area contributed by atoms with Crippen molar-refractivity contribution in [2.75, 3.05) is 6.54 Å². The van der Waals surface area contributed by atoms with Crippen LogP contribution in [0.5, 0.6) is 0 Å². The molecule has 1 aliphatic heterocycles. The summed E-state index contributed by atoms with van der Waals surface area (Å²) in [5.74, 6) is 0.375. The van der Waals surface area contributed by atoms with E-state index in [0.717, 1.165) is 18.4 Å². The van der Waals surface area contributed by atoms with Crippen LogP contribution in [0.2, 0.25) is 0 Å². The minimum absolute atomic E-state index is 0.0181. The number of aryl methyl sites for hydroxylation is 1. The Kier molecular flexibility index (Phi) is 4.35. The van der Waals surface area contributed by atoms with E-state index in [-0.39, 0.29) is 12.6 Å². The normalized spacial score (nSPS) is 25.7. The molecule has 0 radical (unpaired) electrons. The maximum absolute atomic E-state index is 12.8. The van der Waals surface area contributed by atoms with Gasteiger partial charge in [-0.05, 0) is 43.6 Å². The van der Waals surface area contributed by atoms with Gasteiger partial charge >= 0.3 is 0 Å². The minimum Gasteiger partial charge on any atom is -0.391 e. The van der Waals surface area contributed by atoms with E-state index < -0.39 is 10.0 Å². The molecule has 2 rings (SSSR count). The molecular weight excluding hydrogens is 282 g/mol. The largest absolute Gasteiger partial charge is 0.391 e. The predicted octanol–water partition coefficient (Wildman–Crippen LogP) is 2.36. The van der Waals surface area contributed by atoms with Crippen LogP contribution in [-0.2, 0) is 16.6 Å². The third kappa shape index (κ3) is 2.59. The zero-order chi connectivity index (χ0) is 14.2. The molecule has 4 nitrogen and oxygen atoms in total. The lowest BCUT2D eigenvalue weighted by Crippen LogP contribution is -2.46. The summed E-state index contributed by atoms with van der Waals surface area (Å²) in [5.41, 5.74) is 0.736. The molecular formula is C13H21NO3S2. The fraction of sp³-hybridized carbons (Fsp3) is 0.692. The van der Waals surface area contributed by atoms with Gasteiger partial charge in [-0.2, -0.15) is 4.31 Å². The Morgan fingerprint density at radius 2 is 2.16 bits per heavy atom. The molecule has 1 N–H and O–H groups in total. The number of aliphatic hydroxyl groups excluding tert-OH is 1. The minimum atomic E-state index is -3.49. The zero-order valence-corrected chi connectivity index (χ0v) is 13.2. The monoisotopic (exact) mass is 303 g/mol. The van der Waals surface area contributed by atoms with Crippen molar-refractivity contribution in [1.29, 1.82) is 0 Å². The van der Waals surface area contributed by atoms with Gasteiger partial charge < -0.3 is 5.11 Å². The zero-order valence-electron chi connectivity index (χ0n) is 11.6. The maximum atomic E-state index is 12.8. The summed E-state index contributed by atoms with van der Waals surface area (Å²) >= 11 is 1.31. The van der Waals surface area contributed by atoms with Crippen LogP contribution < -0.4 is 0 Å². The van der Waals surface area contributed by atoms with Gasteiger partial charge in [-0.1, -0.05) is 6.92 Å². The summed E-state index contributed by atoms with van der Waals surface area (Å²) in [7, 11) is -3.49. The van der Waals surface area contributed by atoms with E-state index in [4.69, 9.17) is 0 Å². The van der Waals surface area contributed by atoms with Crippen molar-refractivity contribution in [1.82, 2.24) is 4.31 Å². The lowest BCUT2D eigenvalue weighted by molar-refractivity contribution is 0.202. The van der Waals surface area contributed by atoms with Gasteiger partial charge in [-0.25, -0.2) is 8.42 Å². The quantitative estimate of drug-likeness (QED) is 0.932. The molecule has 1 aromatic heterocycles. The first-order chi connectivity index (χ1) is 8.89. The summed E-state index contributed by atoms with van der Waals surface area (Å²) < 4.78 is 27.3. The molecule has 0 spiro atoms. The highest BCUT2D eigenvalue weighted by atomic mass is 32.2. The average molecular weight is 303 g/mol. The van der Waals surface area contributed by atoms with E-state index in [9.17, 15) is 13.5 Å². The molecule has 2 atom stereocenters. The fourth-order valence-corrected chi connectivity index (χ4v) is 6.08. The van der Waals surface area contributed by atoms with E-state index in [0.29, 0.717) is 22.2 Å². The van der Waals surface area contributed by atoms with Crippen molar-refractivity contribution in [3.8, 4) is 0 Å². The smallest absolute Gasteiger partial charge is 0.244 e. The Hall–Kier alpha value is -0.430. The highest BCUT2D eigenvalue weighted by Gasteiger charge is 2.36. The molecule has 1 fully saturated rings. The maximum Gasteiger partial charge on any atom is 0.244 e. The first-order valence-electron chi connectivity index (χ1n) is 6.59. The summed E-state index contributed by atoms with van der Waals surface area (Å²) in [6.45, 7) is 6.22. The number of nitrogens with zero attached hydrogens (tertiary/aromatic N) is 1. The Morgan fingerprint density at radius 1 is 1.47 bits per heavy atom. The molecule has 2 unspecified atom stereocenters. The predicted molar refractivity (Wildman–Crippen MR) is 76.7 cm³/mol. The van der Waals surface area contributed by atoms with Gasteiger partial charge in [0.1, 0.15) is 4.90 Å². The molecule has 6 heteroatoms. The molecule has 2 heterocycles. The molecule has 0 aromatic carbocycles. The molecule has 19 heavy (non-hydrogen) atoms. The molecule has 108 valence electrons. The van der Waals surface area contributed by atoms with Crippen LogP contribution in [0.15, 0.2) is 10.3 Å². The lowest BCUT2D eigenvalue weighted by atomic mass is 9.94. The van der Waals surface area contributed by atoms with Gasteiger partial charge in [-0.15, -0.1) is 11.3 Å². The average Bonchev–Trinajstić information content (AvgIpc) is 2.74. The van der Waals surface area contributed by atoms with Gasteiger partial charge in [0.25, 0.3) is 0 Å². The Morgan fingerprint density at radius 3 is 2.79 bits per heavy atom. The highest BCUT2D eigenvalue weighted by molar-refractivity contribution is 7.89. The second-order valence-corrected chi connectivity index (χ2v) is 8.10. The van der Waals surface area contributed by atoms with Crippen molar-refractivity contribution in [3.63, 3.8) is 0 Å². The van der Waals surface area contributed by atoms with Gasteiger partial charge in [0.05, 0.1) is 11.5 Å². The number of hydrogen-bond donors (Lipinski definition) is 1. The lowest BCUT2D eigenvalue weighted by Gasteiger charge is -2.37. The highest BCUT2D eigenvalue weighted by Crippen LogP contribution is 2.34.